The number of carbonyl (C=O) groups excluding carboxylic acids is 1. The summed E-state index contributed by atoms with van der Waals surface area (Å²) in [6, 6.07) is 9.64. The van der Waals surface area contributed by atoms with Crippen LogP contribution in [0, 0.1) is 17.2 Å². The molecule has 1 aliphatic carbocycles. The second-order valence-electron chi connectivity index (χ2n) is 4.47. The standard InChI is InChI=1S/C15H15NO/c16-11-14-5-3-12(4-6-14)1-2-13-7-9-15(17)10-8-13/h1-6,13H,7-10H2/b2-1+. The Morgan fingerprint density at radius 1 is 1.18 bits per heavy atom. The van der Waals surface area contributed by atoms with E-state index in [2.05, 4.69) is 18.2 Å². The first-order valence-electron chi connectivity index (χ1n) is 5.98. The highest BCUT2D eigenvalue weighted by Gasteiger charge is 2.15. The normalized spacial score (nSPS) is 17.2. The van der Waals surface area contributed by atoms with Gasteiger partial charge in [0.05, 0.1) is 11.6 Å². The third-order valence-electron chi connectivity index (χ3n) is 3.19. The number of Topliss-reactive ketones (excluding diaryl/α,β-unsaturated/α-hetero) is 1. The van der Waals surface area contributed by atoms with Gasteiger partial charge in [0.15, 0.2) is 0 Å². The molecule has 0 radical (unpaired) electrons. The van der Waals surface area contributed by atoms with Gasteiger partial charge in [0.25, 0.3) is 0 Å². The van der Waals surface area contributed by atoms with E-state index in [9.17, 15) is 4.79 Å². The van der Waals surface area contributed by atoms with Crippen LogP contribution in [0.4, 0.5) is 0 Å². The van der Waals surface area contributed by atoms with Gasteiger partial charge in [-0.1, -0.05) is 24.3 Å². The molecule has 86 valence electrons. The van der Waals surface area contributed by atoms with Crippen LogP contribution in [0.1, 0.15) is 36.8 Å². The predicted octanol–water partition coefficient (Wildman–Crippen LogP) is 3.33. The molecule has 0 N–H and O–H groups in total. The number of carbonyl (C=O) groups is 1. The minimum Gasteiger partial charge on any atom is -0.300 e. The maximum atomic E-state index is 11.1. The Balaban J connectivity index is 1.95. The van der Waals surface area contributed by atoms with Crippen LogP contribution in [-0.4, -0.2) is 5.78 Å². The molecule has 0 spiro atoms. The lowest BCUT2D eigenvalue weighted by Gasteiger charge is -2.16. The lowest BCUT2D eigenvalue weighted by Crippen LogP contribution is -2.11. The van der Waals surface area contributed by atoms with Crippen molar-refractivity contribution in [2.45, 2.75) is 25.7 Å². The van der Waals surface area contributed by atoms with E-state index in [0.29, 0.717) is 17.3 Å². The number of hydrogen-bond acceptors (Lipinski definition) is 2. The van der Waals surface area contributed by atoms with Crippen LogP contribution < -0.4 is 0 Å². The molecule has 1 aromatic rings. The summed E-state index contributed by atoms with van der Waals surface area (Å²) in [5, 5.41) is 8.69. The number of rotatable bonds is 2. The molecular formula is C15H15NO. The van der Waals surface area contributed by atoms with Crippen LogP contribution in [0.5, 0.6) is 0 Å². The molecule has 1 saturated carbocycles. The molecule has 1 fully saturated rings. The Hall–Kier alpha value is -1.88. The smallest absolute Gasteiger partial charge is 0.132 e. The van der Waals surface area contributed by atoms with Gasteiger partial charge < -0.3 is 0 Å². The highest BCUT2D eigenvalue weighted by atomic mass is 16.1. The topological polar surface area (TPSA) is 40.9 Å². The molecule has 1 aliphatic rings. The van der Waals surface area contributed by atoms with Crippen molar-refractivity contribution in [3.63, 3.8) is 0 Å². The summed E-state index contributed by atoms with van der Waals surface area (Å²) in [5.41, 5.74) is 1.80. The molecule has 0 amide bonds. The molecule has 2 nitrogen and oxygen atoms in total. The van der Waals surface area contributed by atoms with Gasteiger partial charge in [0.1, 0.15) is 5.78 Å². The Kier molecular flexibility index (Phi) is 3.72. The molecule has 0 heterocycles. The number of benzene rings is 1. The maximum absolute atomic E-state index is 11.1. The van der Waals surface area contributed by atoms with Crippen molar-refractivity contribution in [1.29, 1.82) is 5.26 Å². The van der Waals surface area contributed by atoms with E-state index in [0.717, 1.165) is 31.2 Å². The zero-order valence-electron chi connectivity index (χ0n) is 9.73. The van der Waals surface area contributed by atoms with Gasteiger partial charge in [-0.3, -0.25) is 4.79 Å². The molecule has 0 aliphatic heterocycles. The molecule has 0 bridgehead atoms. The molecule has 0 saturated heterocycles. The summed E-state index contributed by atoms with van der Waals surface area (Å²) in [6.07, 6.45) is 7.68. The summed E-state index contributed by atoms with van der Waals surface area (Å²) in [5.74, 6) is 0.927. The lowest BCUT2D eigenvalue weighted by atomic mass is 9.88. The number of nitrogens with zero attached hydrogens (tertiary/aromatic N) is 1. The van der Waals surface area contributed by atoms with Gasteiger partial charge in [0.2, 0.25) is 0 Å². The summed E-state index contributed by atoms with van der Waals surface area (Å²) >= 11 is 0. The fourth-order valence-electron chi connectivity index (χ4n) is 2.07. The average Bonchev–Trinajstić information content (AvgIpc) is 2.39. The average molecular weight is 225 g/mol. The van der Waals surface area contributed by atoms with Gasteiger partial charge in [-0.05, 0) is 36.5 Å². The number of nitriles is 1. The lowest BCUT2D eigenvalue weighted by molar-refractivity contribution is -0.120. The third-order valence-corrected chi connectivity index (χ3v) is 3.19. The Labute approximate surface area is 102 Å². The van der Waals surface area contributed by atoms with E-state index in [-0.39, 0.29) is 0 Å². The molecular weight excluding hydrogens is 210 g/mol. The Morgan fingerprint density at radius 3 is 2.41 bits per heavy atom. The Bertz CT molecular complexity index is 455. The van der Waals surface area contributed by atoms with Gasteiger partial charge in [-0.15, -0.1) is 0 Å². The second-order valence-corrected chi connectivity index (χ2v) is 4.47. The largest absolute Gasteiger partial charge is 0.300 e. The summed E-state index contributed by atoms with van der Waals surface area (Å²) < 4.78 is 0. The highest BCUT2D eigenvalue weighted by Crippen LogP contribution is 2.23. The maximum Gasteiger partial charge on any atom is 0.132 e. The number of ketones is 1. The molecule has 2 rings (SSSR count). The SMILES string of the molecule is N#Cc1ccc(/C=C/C2CCC(=O)CC2)cc1. The van der Waals surface area contributed by atoms with Crippen molar-refractivity contribution in [1.82, 2.24) is 0 Å². The highest BCUT2D eigenvalue weighted by molar-refractivity contribution is 5.79. The minimum atomic E-state index is 0.396. The van der Waals surface area contributed by atoms with Gasteiger partial charge in [-0.25, -0.2) is 0 Å². The molecule has 0 aromatic heterocycles. The van der Waals surface area contributed by atoms with E-state index in [1.807, 2.05) is 24.3 Å². The van der Waals surface area contributed by atoms with E-state index < -0.39 is 0 Å². The minimum absolute atomic E-state index is 0.396. The quantitative estimate of drug-likeness (QED) is 0.774. The van der Waals surface area contributed by atoms with Crippen molar-refractivity contribution in [3.05, 3.63) is 41.5 Å². The van der Waals surface area contributed by atoms with Gasteiger partial charge in [0, 0.05) is 12.8 Å². The molecule has 1 aromatic carbocycles. The molecule has 0 unspecified atom stereocenters. The molecule has 2 heteroatoms. The number of hydrogen-bond donors (Lipinski definition) is 0. The van der Waals surface area contributed by atoms with Crippen LogP contribution in [0.15, 0.2) is 30.3 Å². The van der Waals surface area contributed by atoms with Crippen molar-refractivity contribution in [2.24, 2.45) is 5.92 Å². The molecule has 0 atom stereocenters. The van der Waals surface area contributed by atoms with Crippen LogP contribution in [0.2, 0.25) is 0 Å². The van der Waals surface area contributed by atoms with Crippen molar-refractivity contribution < 1.29 is 4.79 Å². The van der Waals surface area contributed by atoms with Crippen molar-refractivity contribution in [2.75, 3.05) is 0 Å². The monoisotopic (exact) mass is 225 g/mol. The van der Waals surface area contributed by atoms with Gasteiger partial charge in [-0.2, -0.15) is 5.26 Å². The van der Waals surface area contributed by atoms with E-state index in [4.69, 9.17) is 5.26 Å². The van der Waals surface area contributed by atoms with E-state index >= 15 is 0 Å². The zero-order valence-corrected chi connectivity index (χ0v) is 9.73. The molecule has 17 heavy (non-hydrogen) atoms. The van der Waals surface area contributed by atoms with E-state index in [1.54, 1.807) is 0 Å². The van der Waals surface area contributed by atoms with Gasteiger partial charge >= 0.3 is 0 Å². The van der Waals surface area contributed by atoms with Crippen LogP contribution in [0.25, 0.3) is 6.08 Å². The van der Waals surface area contributed by atoms with Crippen molar-refractivity contribution >= 4 is 11.9 Å². The summed E-state index contributed by atoms with van der Waals surface area (Å²) in [4.78, 5) is 11.1. The predicted molar refractivity (Wildman–Crippen MR) is 67.2 cm³/mol. The first-order chi connectivity index (χ1) is 8.28. The second kappa shape index (κ2) is 5.45. The Morgan fingerprint density at radius 2 is 1.82 bits per heavy atom. The third kappa shape index (κ3) is 3.29. The van der Waals surface area contributed by atoms with Crippen LogP contribution in [0.3, 0.4) is 0 Å². The summed E-state index contributed by atoms with van der Waals surface area (Å²) in [6.45, 7) is 0. The number of allylic oxidation sites excluding steroid dienone is 1. The van der Waals surface area contributed by atoms with Crippen LogP contribution in [-0.2, 0) is 4.79 Å². The van der Waals surface area contributed by atoms with Crippen LogP contribution >= 0.6 is 0 Å². The first-order valence-corrected chi connectivity index (χ1v) is 5.98. The summed E-state index contributed by atoms with van der Waals surface area (Å²) in [7, 11) is 0. The zero-order chi connectivity index (χ0) is 12.1. The van der Waals surface area contributed by atoms with E-state index in [1.165, 1.54) is 0 Å². The first kappa shape index (κ1) is 11.6. The fraction of sp³-hybridized carbons (Fsp3) is 0.333. The fourth-order valence-corrected chi connectivity index (χ4v) is 2.07. The van der Waals surface area contributed by atoms with Crippen molar-refractivity contribution in [3.8, 4) is 6.07 Å².